The fourth-order valence-electron chi connectivity index (χ4n) is 2.98. The van der Waals surface area contributed by atoms with E-state index in [1.165, 1.54) is 22.4 Å². The number of nitrogens with one attached hydrogen (secondary N) is 2. The van der Waals surface area contributed by atoms with Gasteiger partial charge in [-0.1, -0.05) is 24.3 Å². The molecule has 1 aliphatic carbocycles. The molecule has 0 radical (unpaired) electrons. The molecule has 2 aromatic rings. The largest absolute Gasteiger partial charge is 0.357 e. The van der Waals surface area contributed by atoms with Crippen LogP contribution in [0.15, 0.2) is 35.5 Å². The molecule has 3 rings (SSSR count). The summed E-state index contributed by atoms with van der Waals surface area (Å²) in [7, 11) is 0. The number of aliphatic imine (C=N–C) groups is 1. The van der Waals surface area contributed by atoms with Gasteiger partial charge in [-0.05, 0) is 38.3 Å². The van der Waals surface area contributed by atoms with E-state index in [1.807, 2.05) is 6.20 Å². The fraction of sp³-hybridized carbons (Fsp3) is 0.474. The van der Waals surface area contributed by atoms with Crippen molar-refractivity contribution in [2.75, 3.05) is 13.1 Å². The quantitative estimate of drug-likeness (QED) is 0.381. The Morgan fingerprint density at radius 3 is 2.80 bits per heavy atom. The first kappa shape index (κ1) is 20.2. The number of hydrogen-bond donors (Lipinski definition) is 2. The molecular weight excluding hydrogens is 443 g/mol. The average molecular weight is 470 g/mol. The van der Waals surface area contributed by atoms with Crippen LogP contribution in [0.5, 0.6) is 0 Å². The maximum atomic E-state index is 4.71. The predicted octanol–water partition coefficient (Wildman–Crippen LogP) is 4.03. The van der Waals surface area contributed by atoms with Crippen LogP contribution in [0.2, 0.25) is 0 Å². The summed E-state index contributed by atoms with van der Waals surface area (Å²) in [6.45, 7) is 8.04. The number of hydrogen-bond acceptors (Lipinski definition) is 3. The van der Waals surface area contributed by atoms with Crippen molar-refractivity contribution in [1.29, 1.82) is 0 Å². The molecule has 0 amide bonds. The van der Waals surface area contributed by atoms with Crippen LogP contribution >= 0.6 is 35.3 Å². The molecule has 0 spiro atoms. The number of rotatable bonds is 6. The number of aromatic nitrogens is 1. The van der Waals surface area contributed by atoms with Gasteiger partial charge in [0, 0.05) is 42.5 Å². The average Bonchev–Trinajstić information content (AvgIpc) is 3.19. The first-order chi connectivity index (χ1) is 11.7. The van der Waals surface area contributed by atoms with E-state index in [-0.39, 0.29) is 24.0 Å². The molecule has 1 aliphatic rings. The summed E-state index contributed by atoms with van der Waals surface area (Å²) in [5, 5.41) is 8.10. The van der Waals surface area contributed by atoms with Crippen LogP contribution in [-0.2, 0) is 6.42 Å². The standard InChI is InChI=1S/C19H26N4S.HI/c1-4-20-19(21-10-9-18-22-12-14(3)24-18)23-17-11-16(17)15-8-6-5-7-13(15)2;/h5-8,12,16-17H,4,9-11H2,1-3H3,(H2,20,21,23);1H. The molecule has 0 saturated heterocycles. The molecule has 2 atom stereocenters. The SMILES string of the molecule is CCNC(=NCCc1ncc(C)s1)NC1CC1c1ccccc1C.I. The van der Waals surface area contributed by atoms with Gasteiger partial charge in [-0.2, -0.15) is 0 Å². The van der Waals surface area contributed by atoms with E-state index in [0.717, 1.165) is 30.5 Å². The molecule has 4 nitrogen and oxygen atoms in total. The first-order valence-corrected chi connectivity index (χ1v) is 9.50. The highest BCUT2D eigenvalue weighted by atomic mass is 127. The third-order valence-electron chi connectivity index (χ3n) is 4.31. The highest BCUT2D eigenvalue weighted by molar-refractivity contribution is 14.0. The second-order valence-corrected chi connectivity index (χ2v) is 7.64. The molecule has 1 aromatic heterocycles. The molecule has 1 fully saturated rings. The van der Waals surface area contributed by atoms with Gasteiger partial charge in [0.25, 0.3) is 0 Å². The monoisotopic (exact) mass is 470 g/mol. The third kappa shape index (κ3) is 5.67. The third-order valence-corrected chi connectivity index (χ3v) is 5.28. The van der Waals surface area contributed by atoms with Crippen LogP contribution in [0.25, 0.3) is 0 Å². The zero-order valence-corrected chi connectivity index (χ0v) is 18.2. The van der Waals surface area contributed by atoms with Crippen LogP contribution in [0, 0.1) is 13.8 Å². The van der Waals surface area contributed by atoms with E-state index in [1.54, 1.807) is 11.3 Å². The molecule has 0 bridgehead atoms. The smallest absolute Gasteiger partial charge is 0.191 e. The number of thiazole rings is 1. The Morgan fingerprint density at radius 2 is 2.12 bits per heavy atom. The second kappa shape index (κ2) is 9.52. The van der Waals surface area contributed by atoms with Crippen LogP contribution in [0.4, 0.5) is 0 Å². The molecule has 2 N–H and O–H groups in total. The number of benzene rings is 1. The molecule has 2 unspecified atom stereocenters. The van der Waals surface area contributed by atoms with E-state index in [2.05, 4.69) is 60.7 Å². The van der Waals surface area contributed by atoms with Crippen molar-refractivity contribution in [1.82, 2.24) is 15.6 Å². The zero-order valence-electron chi connectivity index (χ0n) is 15.1. The van der Waals surface area contributed by atoms with Crippen molar-refractivity contribution in [3.8, 4) is 0 Å². The highest BCUT2D eigenvalue weighted by Gasteiger charge is 2.39. The Morgan fingerprint density at radius 1 is 1.32 bits per heavy atom. The summed E-state index contributed by atoms with van der Waals surface area (Å²) in [6.07, 6.45) is 4.02. The van der Waals surface area contributed by atoms with Crippen LogP contribution < -0.4 is 10.6 Å². The lowest BCUT2D eigenvalue weighted by atomic mass is 10.0. The Bertz CT molecular complexity index is 713. The van der Waals surface area contributed by atoms with Gasteiger partial charge >= 0.3 is 0 Å². The molecule has 6 heteroatoms. The van der Waals surface area contributed by atoms with Gasteiger partial charge < -0.3 is 10.6 Å². The van der Waals surface area contributed by atoms with Crippen molar-refractivity contribution >= 4 is 41.3 Å². The maximum Gasteiger partial charge on any atom is 0.191 e. The normalized spacial score (nSPS) is 19.2. The van der Waals surface area contributed by atoms with E-state index >= 15 is 0 Å². The van der Waals surface area contributed by atoms with Crippen molar-refractivity contribution in [3.63, 3.8) is 0 Å². The molecule has 0 aliphatic heterocycles. The predicted molar refractivity (Wildman–Crippen MR) is 117 cm³/mol. The Balaban J connectivity index is 0.00000225. The Kier molecular flexibility index (Phi) is 7.68. The van der Waals surface area contributed by atoms with E-state index in [9.17, 15) is 0 Å². The molecule has 136 valence electrons. The molecule has 1 aromatic carbocycles. The molecule has 1 heterocycles. The number of nitrogens with zero attached hydrogens (tertiary/aromatic N) is 2. The van der Waals surface area contributed by atoms with Crippen molar-refractivity contribution in [2.24, 2.45) is 4.99 Å². The highest BCUT2D eigenvalue weighted by Crippen LogP contribution is 2.41. The fourth-order valence-corrected chi connectivity index (χ4v) is 3.75. The lowest BCUT2D eigenvalue weighted by Crippen LogP contribution is -2.39. The van der Waals surface area contributed by atoms with Crippen molar-refractivity contribution in [2.45, 2.75) is 45.6 Å². The number of guanidine groups is 1. The van der Waals surface area contributed by atoms with Crippen LogP contribution in [0.3, 0.4) is 0 Å². The van der Waals surface area contributed by atoms with Gasteiger partial charge in [-0.25, -0.2) is 4.98 Å². The van der Waals surface area contributed by atoms with E-state index < -0.39 is 0 Å². The topological polar surface area (TPSA) is 49.3 Å². The van der Waals surface area contributed by atoms with Gasteiger partial charge in [-0.3, -0.25) is 4.99 Å². The Labute approximate surface area is 171 Å². The molecular formula is C19H27IN4S. The van der Waals surface area contributed by atoms with E-state index in [0.29, 0.717) is 12.0 Å². The first-order valence-electron chi connectivity index (χ1n) is 8.69. The summed E-state index contributed by atoms with van der Waals surface area (Å²) in [4.78, 5) is 10.4. The van der Waals surface area contributed by atoms with Crippen LogP contribution in [0.1, 0.15) is 40.3 Å². The summed E-state index contributed by atoms with van der Waals surface area (Å²) in [5.74, 6) is 1.53. The molecule has 25 heavy (non-hydrogen) atoms. The summed E-state index contributed by atoms with van der Waals surface area (Å²) < 4.78 is 0. The minimum atomic E-state index is 0. The van der Waals surface area contributed by atoms with Gasteiger partial charge in [0.2, 0.25) is 0 Å². The van der Waals surface area contributed by atoms with Crippen LogP contribution in [-0.4, -0.2) is 30.1 Å². The van der Waals surface area contributed by atoms with E-state index in [4.69, 9.17) is 4.99 Å². The number of aryl methyl sites for hydroxylation is 2. The number of halogens is 1. The minimum absolute atomic E-state index is 0. The summed E-state index contributed by atoms with van der Waals surface area (Å²) >= 11 is 1.76. The summed E-state index contributed by atoms with van der Waals surface area (Å²) in [5.41, 5.74) is 2.84. The zero-order chi connectivity index (χ0) is 16.9. The van der Waals surface area contributed by atoms with Gasteiger partial charge in [0.05, 0.1) is 5.01 Å². The Hall–Kier alpha value is -1.15. The molecule has 1 saturated carbocycles. The minimum Gasteiger partial charge on any atom is -0.357 e. The van der Waals surface area contributed by atoms with Crippen molar-refractivity contribution < 1.29 is 0 Å². The maximum absolute atomic E-state index is 4.71. The summed E-state index contributed by atoms with van der Waals surface area (Å²) in [6, 6.07) is 9.17. The van der Waals surface area contributed by atoms with Gasteiger partial charge in [0.1, 0.15) is 0 Å². The van der Waals surface area contributed by atoms with Gasteiger partial charge in [0.15, 0.2) is 5.96 Å². The lowest BCUT2D eigenvalue weighted by molar-refractivity contribution is 0.790. The lowest BCUT2D eigenvalue weighted by Gasteiger charge is -2.11. The van der Waals surface area contributed by atoms with Crippen molar-refractivity contribution in [3.05, 3.63) is 51.5 Å². The second-order valence-electron chi connectivity index (χ2n) is 6.32. The van der Waals surface area contributed by atoms with Gasteiger partial charge in [-0.15, -0.1) is 35.3 Å².